The lowest BCUT2D eigenvalue weighted by molar-refractivity contribution is 0.174. The molecule has 0 saturated carbocycles. The summed E-state index contributed by atoms with van der Waals surface area (Å²) in [6.07, 6.45) is 8.23. The molecule has 0 fully saturated rings. The van der Waals surface area contributed by atoms with Gasteiger partial charge in [0.2, 0.25) is 6.79 Å². The average molecular weight is 272 g/mol. The molecular weight excluding hydrogens is 256 g/mol. The summed E-state index contributed by atoms with van der Waals surface area (Å²) in [5, 5.41) is 5.62. The van der Waals surface area contributed by atoms with Gasteiger partial charge in [-0.15, -0.1) is 0 Å². The first-order valence-electron chi connectivity index (χ1n) is 6.60. The van der Waals surface area contributed by atoms with Crippen molar-refractivity contribution in [2.45, 2.75) is 12.8 Å². The number of anilines is 1. The fourth-order valence-electron chi connectivity index (χ4n) is 2.14. The van der Waals surface area contributed by atoms with Crippen LogP contribution in [0.25, 0.3) is 0 Å². The number of hydrogen-bond donors (Lipinski definition) is 2. The molecule has 2 N–H and O–H groups in total. The first kappa shape index (κ1) is 12.6. The van der Waals surface area contributed by atoms with Crippen molar-refractivity contribution in [3.63, 3.8) is 0 Å². The second-order valence-corrected chi connectivity index (χ2v) is 4.67. The summed E-state index contributed by atoms with van der Waals surface area (Å²) in [5.74, 6) is 1.36. The predicted octanol–water partition coefficient (Wildman–Crippen LogP) is 2.81. The van der Waals surface area contributed by atoms with Crippen LogP contribution in [0.4, 0.5) is 10.5 Å². The molecule has 2 amide bonds. The summed E-state index contributed by atoms with van der Waals surface area (Å²) in [4.78, 5) is 11.8. The van der Waals surface area contributed by atoms with E-state index in [2.05, 4.69) is 16.7 Å². The first-order valence-corrected chi connectivity index (χ1v) is 6.60. The van der Waals surface area contributed by atoms with Crippen molar-refractivity contribution < 1.29 is 14.3 Å². The minimum absolute atomic E-state index is 0.223. The normalized spacial score (nSPS) is 15.7. The van der Waals surface area contributed by atoms with Gasteiger partial charge in [-0.1, -0.05) is 23.8 Å². The number of benzene rings is 1. The molecule has 3 rings (SSSR count). The van der Waals surface area contributed by atoms with Gasteiger partial charge < -0.3 is 20.1 Å². The van der Waals surface area contributed by atoms with E-state index in [4.69, 9.17) is 9.47 Å². The Balaban J connectivity index is 1.53. The van der Waals surface area contributed by atoms with Crippen LogP contribution >= 0.6 is 0 Å². The average Bonchev–Trinajstić information content (AvgIpc) is 2.94. The van der Waals surface area contributed by atoms with E-state index in [1.54, 1.807) is 18.2 Å². The van der Waals surface area contributed by atoms with Gasteiger partial charge >= 0.3 is 6.03 Å². The quantitative estimate of drug-likeness (QED) is 0.889. The second kappa shape index (κ2) is 5.69. The van der Waals surface area contributed by atoms with Crippen molar-refractivity contribution in [3.05, 3.63) is 42.0 Å². The smallest absolute Gasteiger partial charge is 0.319 e. The van der Waals surface area contributed by atoms with E-state index in [0.717, 1.165) is 12.8 Å². The zero-order valence-electron chi connectivity index (χ0n) is 11.0. The van der Waals surface area contributed by atoms with Crippen LogP contribution in [0.1, 0.15) is 12.8 Å². The summed E-state index contributed by atoms with van der Waals surface area (Å²) >= 11 is 0. The van der Waals surface area contributed by atoms with Gasteiger partial charge in [-0.2, -0.15) is 0 Å². The van der Waals surface area contributed by atoms with Crippen molar-refractivity contribution in [2.24, 2.45) is 0 Å². The third-order valence-corrected chi connectivity index (χ3v) is 3.21. The predicted molar refractivity (Wildman–Crippen MR) is 76.0 cm³/mol. The lowest BCUT2D eigenvalue weighted by Gasteiger charge is -2.11. The Kier molecular flexibility index (Phi) is 3.58. The number of hydrogen-bond acceptors (Lipinski definition) is 3. The van der Waals surface area contributed by atoms with E-state index in [1.807, 2.05) is 12.2 Å². The second-order valence-electron chi connectivity index (χ2n) is 4.67. The highest BCUT2D eigenvalue weighted by Crippen LogP contribution is 2.34. The van der Waals surface area contributed by atoms with Crippen LogP contribution in [-0.2, 0) is 0 Å². The zero-order chi connectivity index (χ0) is 13.8. The maximum atomic E-state index is 11.8. The molecule has 1 aromatic rings. The topological polar surface area (TPSA) is 59.6 Å². The van der Waals surface area contributed by atoms with Crippen LogP contribution in [0.5, 0.6) is 11.5 Å². The number of carbonyl (C=O) groups excluding carboxylic acids is 1. The van der Waals surface area contributed by atoms with Gasteiger partial charge in [0, 0.05) is 18.3 Å². The Morgan fingerprint density at radius 2 is 2.15 bits per heavy atom. The van der Waals surface area contributed by atoms with Gasteiger partial charge in [0.15, 0.2) is 11.5 Å². The van der Waals surface area contributed by atoms with Gasteiger partial charge in [0.25, 0.3) is 0 Å². The van der Waals surface area contributed by atoms with Crippen molar-refractivity contribution in [1.29, 1.82) is 0 Å². The van der Waals surface area contributed by atoms with Crippen LogP contribution in [0.3, 0.4) is 0 Å². The Labute approximate surface area is 117 Å². The molecule has 20 heavy (non-hydrogen) atoms. The molecule has 1 aliphatic carbocycles. The molecule has 0 bridgehead atoms. The summed E-state index contributed by atoms with van der Waals surface area (Å²) in [7, 11) is 0. The van der Waals surface area contributed by atoms with Crippen LogP contribution < -0.4 is 20.1 Å². The lowest BCUT2D eigenvalue weighted by Crippen LogP contribution is -2.30. The standard InChI is InChI=1S/C15H16N2O3/c18-15(16-9-11-4-2-1-3-5-11)17-12-6-7-13-14(8-12)20-10-19-13/h1-2,4,6-8H,3,5,9-10H2,(H2,16,17,18). The third kappa shape index (κ3) is 2.93. The summed E-state index contributed by atoms with van der Waals surface area (Å²) in [5.41, 5.74) is 1.91. The van der Waals surface area contributed by atoms with Crippen LogP contribution in [-0.4, -0.2) is 19.4 Å². The molecule has 1 aromatic carbocycles. The molecule has 0 radical (unpaired) electrons. The molecule has 1 heterocycles. The molecule has 104 valence electrons. The maximum absolute atomic E-state index is 11.8. The highest BCUT2D eigenvalue weighted by atomic mass is 16.7. The third-order valence-electron chi connectivity index (χ3n) is 3.21. The number of carbonyl (C=O) groups is 1. The minimum atomic E-state index is -0.223. The molecule has 0 atom stereocenters. The molecular formula is C15H16N2O3. The van der Waals surface area contributed by atoms with Gasteiger partial charge in [0.1, 0.15) is 0 Å². The molecule has 5 nitrogen and oxygen atoms in total. The van der Waals surface area contributed by atoms with E-state index in [-0.39, 0.29) is 12.8 Å². The largest absolute Gasteiger partial charge is 0.454 e. The van der Waals surface area contributed by atoms with Crippen molar-refractivity contribution in [1.82, 2.24) is 5.32 Å². The number of ether oxygens (including phenoxy) is 2. The molecule has 0 saturated heterocycles. The number of amides is 2. The highest BCUT2D eigenvalue weighted by molar-refractivity contribution is 5.89. The number of nitrogens with one attached hydrogen (secondary N) is 2. The van der Waals surface area contributed by atoms with Crippen molar-refractivity contribution in [2.75, 3.05) is 18.7 Å². The number of allylic oxidation sites excluding steroid dienone is 3. The van der Waals surface area contributed by atoms with Crippen molar-refractivity contribution >= 4 is 11.7 Å². The van der Waals surface area contributed by atoms with E-state index in [1.165, 1.54) is 5.57 Å². The van der Waals surface area contributed by atoms with Gasteiger partial charge in [-0.25, -0.2) is 4.79 Å². The van der Waals surface area contributed by atoms with Gasteiger partial charge in [0.05, 0.1) is 0 Å². The van der Waals surface area contributed by atoms with Crippen LogP contribution in [0.15, 0.2) is 42.0 Å². The number of fused-ring (bicyclic) bond motifs is 1. The van der Waals surface area contributed by atoms with Gasteiger partial charge in [-0.05, 0) is 25.0 Å². The lowest BCUT2D eigenvalue weighted by atomic mass is 10.1. The summed E-state index contributed by atoms with van der Waals surface area (Å²) < 4.78 is 10.5. The molecule has 0 spiro atoms. The van der Waals surface area contributed by atoms with Crippen molar-refractivity contribution in [3.8, 4) is 11.5 Å². The first-order chi connectivity index (χ1) is 9.81. The van der Waals surface area contributed by atoms with E-state index in [0.29, 0.717) is 23.7 Å². The Morgan fingerprint density at radius 3 is 3.00 bits per heavy atom. The maximum Gasteiger partial charge on any atom is 0.319 e. The van der Waals surface area contributed by atoms with E-state index in [9.17, 15) is 4.79 Å². The number of urea groups is 1. The monoisotopic (exact) mass is 272 g/mol. The molecule has 1 aliphatic heterocycles. The zero-order valence-corrected chi connectivity index (χ0v) is 11.0. The molecule has 0 aromatic heterocycles. The highest BCUT2D eigenvalue weighted by Gasteiger charge is 2.14. The summed E-state index contributed by atoms with van der Waals surface area (Å²) in [6, 6.07) is 5.10. The van der Waals surface area contributed by atoms with E-state index >= 15 is 0 Å². The Hall–Kier alpha value is -2.43. The molecule has 5 heteroatoms. The molecule has 2 aliphatic rings. The fraction of sp³-hybridized carbons (Fsp3) is 0.267. The Morgan fingerprint density at radius 1 is 1.25 bits per heavy atom. The number of rotatable bonds is 3. The van der Waals surface area contributed by atoms with Crippen LogP contribution in [0.2, 0.25) is 0 Å². The Bertz CT molecular complexity index is 578. The fourth-order valence-corrected chi connectivity index (χ4v) is 2.14. The summed E-state index contributed by atoms with van der Waals surface area (Å²) in [6.45, 7) is 0.799. The SMILES string of the molecule is O=C(NCC1=CC=CCC1)Nc1ccc2c(c1)OCO2. The van der Waals surface area contributed by atoms with Crippen LogP contribution in [0, 0.1) is 0 Å². The minimum Gasteiger partial charge on any atom is -0.454 e. The van der Waals surface area contributed by atoms with E-state index < -0.39 is 0 Å². The van der Waals surface area contributed by atoms with Gasteiger partial charge in [-0.3, -0.25) is 0 Å². The molecule has 0 unspecified atom stereocenters.